The Hall–Kier alpha value is -1.22. The van der Waals surface area contributed by atoms with Gasteiger partial charge in [-0.25, -0.2) is 4.79 Å². The molecule has 1 fully saturated rings. The molecule has 1 saturated carbocycles. The predicted octanol–water partition coefficient (Wildman–Crippen LogP) is 3.74. The highest BCUT2D eigenvalue weighted by Crippen LogP contribution is 2.36. The van der Waals surface area contributed by atoms with Crippen LogP contribution in [0.4, 0.5) is 0 Å². The standard InChI is InChI=1S/C16H21ClN2O/c1-18-14-8-7-12(10-15(14)19(2)16(18)20)13(17)9-11-5-3-4-6-11/h7-8,10-11,13H,3-6,9H2,1-2H3. The summed E-state index contributed by atoms with van der Waals surface area (Å²) in [5, 5.41) is 0.0535. The molecule has 1 aromatic heterocycles. The topological polar surface area (TPSA) is 26.9 Å². The van der Waals surface area contributed by atoms with Gasteiger partial charge in [0.15, 0.2) is 0 Å². The zero-order valence-electron chi connectivity index (χ0n) is 12.1. The van der Waals surface area contributed by atoms with Gasteiger partial charge in [-0.2, -0.15) is 0 Å². The molecular weight excluding hydrogens is 272 g/mol. The average molecular weight is 293 g/mol. The lowest BCUT2D eigenvalue weighted by Gasteiger charge is -2.15. The van der Waals surface area contributed by atoms with Crippen molar-refractivity contribution in [2.45, 2.75) is 37.5 Å². The molecule has 1 aliphatic rings. The van der Waals surface area contributed by atoms with E-state index in [-0.39, 0.29) is 11.1 Å². The molecule has 0 saturated heterocycles. The normalized spacial score (nSPS) is 17.9. The van der Waals surface area contributed by atoms with Gasteiger partial charge in [-0.05, 0) is 30.0 Å². The summed E-state index contributed by atoms with van der Waals surface area (Å²) in [6.07, 6.45) is 6.37. The van der Waals surface area contributed by atoms with E-state index in [0.29, 0.717) is 0 Å². The molecule has 0 bridgehead atoms. The summed E-state index contributed by atoms with van der Waals surface area (Å²) in [6, 6.07) is 6.15. The second-order valence-electron chi connectivity index (χ2n) is 6.00. The highest BCUT2D eigenvalue weighted by Gasteiger charge is 2.20. The van der Waals surface area contributed by atoms with Crippen LogP contribution in [0.25, 0.3) is 11.0 Å². The number of aryl methyl sites for hydroxylation is 2. The molecule has 1 unspecified atom stereocenters. The molecule has 1 aliphatic carbocycles. The fourth-order valence-corrected chi connectivity index (χ4v) is 3.78. The van der Waals surface area contributed by atoms with Crippen LogP contribution in [-0.4, -0.2) is 9.13 Å². The number of nitrogens with zero attached hydrogens (tertiary/aromatic N) is 2. The van der Waals surface area contributed by atoms with Crippen LogP contribution < -0.4 is 5.69 Å². The van der Waals surface area contributed by atoms with Crippen molar-refractivity contribution in [2.75, 3.05) is 0 Å². The fraction of sp³-hybridized carbons (Fsp3) is 0.562. The Balaban J connectivity index is 1.92. The number of imidazole rings is 1. The quantitative estimate of drug-likeness (QED) is 0.792. The Morgan fingerprint density at radius 3 is 2.55 bits per heavy atom. The van der Waals surface area contributed by atoms with Crippen LogP contribution in [0.1, 0.15) is 43.0 Å². The lowest BCUT2D eigenvalue weighted by Crippen LogP contribution is -2.19. The average Bonchev–Trinajstić information content (AvgIpc) is 3.03. The summed E-state index contributed by atoms with van der Waals surface area (Å²) in [5.41, 5.74) is 3.07. The fourth-order valence-electron chi connectivity index (χ4n) is 3.39. The van der Waals surface area contributed by atoms with Crippen LogP contribution in [0.5, 0.6) is 0 Å². The molecule has 0 amide bonds. The van der Waals surface area contributed by atoms with E-state index in [1.165, 1.54) is 25.7 Å². The summed E-state index contributed by atoms with van der Waals surface area (Å²) in [7, 11) is 3.62. The third-order valence-corrected chi connectivity index (χ3v) is 5.10. The smallest absolute Gasteiger partial charge is 0.295 e. The van der Waals surface area contributed by atoms with Gasteiger partial charge in [-0.3, -0.25) is 9.13 Å². The summed E-state index contributed by atoms with van der Waals surface area (Å²) < 4.78 is 3.37. The van der Waals surface area contributed by atoms with Crippen molar-refractivity contribution in [3.05, 3.63) is 34.2 Å². The largest absolute Gasteiger partial charge is 0.328 e. The molecule has 0 radical (unpaired) electrons. The van der Waals surface area contributed by atoms with Crippen molar-refractivity contribution >= 4 is 22.6 Å². The Morgan fingerprint density at radius 2 is 1.85 bits per heavy atom. The monoisotopic (exact) mass is 292 g/mol. The molecule has 1 atom stereocenters. The summed E-state index contributed by atoms with van der Waals surface area (Å²) in [5.74, 6) is 0.771. The number of rotatable bonds is 3. The summed E-state index contributed by atoms with van der Waals surface area (Å²) in [4.78, 5) is 11.9. The minimum atomic E-state index is 0.0130. The van der Waals surface area contributed by atoms with E-state index in [0.717, 1.165) is 28.9 Å². The van der Waals surface area contributed by atoms with Crippen LogP contribution in [0.15, 0.2) is 23.0 Å². The molecule has 3 nitrogen and oxygen atoms in total. The van der Waals surface area contributed by atoms with E-state index < -0.39 is 0 Å². The van der Waals surface area contributed by atoms with Crippen LogP contribution in [-0.2, 0) is 14.1 Å². The number of aromatic nitrogens is 2. The van der Waals surface area contributed by atoms with E-state index in [2.05, 4.69) is 12.1 Å². The van der Waals surface area contributed by atoms with Crippen LogP contribution >= 0.6 is 11.6 Å². The SMILES string of the molecule is Cn1c(=O)n(C)c2cc(C(Cl)CC3CCCC3)ccc21. The first kappa shape index (κ1) is 13.7. The molecular formula is C16H21ClN2O. The first-order valence-electron chi connectivity index (χ1n) is 7.37. The molecule has 108 valence electrons. The van der Waals surface area contributed by atoms with Gasteiger partial charge in [0.25, 0.3) is 0 Å². The molecule has 0 aliphatic heterocycles. The molecule has 0 N–H and O–H groups in total. The highest BCUT2D eigenvalue weighted by atomic mass is 35.5. The summed E-state index contributed by atoms with van der Waals surface area (Å²) >= 11 is 6.59. The number of halogens is 1. The van der Waals surface area contributed by atoms with Crippen molar-refractivity contribution in [1.82, 2.24) is 9.13 Å². The van der Waals surface area contributed by atoms with E-state index in [1.807, 2.05) is 13.1 Å². The van der Waals surface area contributed by atoms with Crippen molar-refractivity contribution in [3.8, 4) is 0 Å². The third-order valence-electron chi connectivity index (χ3n) is 4.67. The minimum Gasteiger partial charge on any atom is -0.295 e. The lowest BCUT2D eigenvalue weighted by molar-refractivity contribution is 0.496. The van der Waals surface area contributed by atoms with Crippen LogP contribution in [0.3, 0.4) is 0 Å². The molecule has 3 rings (SSSR count). The lowest BCUT2D eigenvalue weighted by atomic mass is 9.97. The van der Waals surface area contributed by atoms with Gasteiger partial charge in [0.1, 0.15) is 0 Å². The zero-order valence-corrected chi connectivity index (χ0v) is 12.9. The van der Waals surface area contributed by atoms with Crippen LogP contribution in [0.2, 0.25) is 0 Å². The van der Waals surface area contributed by atoms with Gasteiger partial charge < -0.3 is 0 Å². The van der Waals surface area contributed by atoms with E-state index in [1.54, 1.807) is 16.2 Å². The van der Waals surface area contributed by atoms with E-state index in [4.69, 9.17) is 11.6 Å². The van der Waals surface area contributed by atoms with Gasteiger partial charge in [0.2, 0.25) is 0 Å². The number of benzene rings is 1. The minimum absolute atomic E-state index is 0.0130. The molecule has 4 heteroatoms. The number of hydrogen-bond donors (Lipinski definition) is 0. The van der Waals surface area contributed by atoms with Gasteiger partial charge >= 0.3 is 5.69 Å². The maximum Gasteiger partial charge on any atom is 0.328 e. The zero-order chi connectivity index (χ0) is 14.3. The second-order valence-corrected chi connectivity index (χ2v) is 6.53. The van der Waals surface area contributed by atoms with Crippen molar-refractivity contribution in [2.24, 2.45) is 20.0 Å². The molecule has 20 heavy (non-hydrogen) atoms. The maximum atomic E-state index is 11.9. The van der Waals surface area contributed by atoms with Crippen molar-refractivity contribution < 1.29 is 0 Å². The van der Waals surface area contributed by atoms with Gasteiger partial charge in [0, 0.05) is 14.1 Å². The van der Waals surface area contributed by atoms with E-state index >= 15 is 0 Å². The first-order chi connectivity index (χ1) is 9.58. The number of alkyl halides is 1. The molecule has 2 aromatic rings. The van der Waals surface area contributed by atoms with Crippen molar-refractivity contribution in [1.29, 1.82) is 0 Å². The molecule has 1 heterocycles. The third kappa shape index (κ3) is 2.28. The van der Waals surface area contributed by atoms with Gasteiger partial charge in [-0.1, -0.05) is 31.7 Å². The van der Waals surface area contributed by atoms with Crippen molar-refractivity contribution in [3.63, 3.8) is 0 Å². The highest BCUT2D eigenvalue weighted by molar-refractivity contribution is 6.20. The van der Waals surface area contributed by atoms with Crippen LogP contribution in [0, 0.1) is 5.92 Å². The molecule has 0 spiro atoms. The summed E-state index contributed by atoms with van der Waals surface area (Å²) in [6.45, 7) is 0. The Morgan fingerprint density at radius 1 is 1.20 bits per heavy atom. The maximum absolute atomic E-state index is 11.9. The number of hydrogen-bond acceptors (Lipinski definition) is 1. The number of fused-ring (bicyclic) bond motifs is 1. The Labute approximate surface area is 124 Å². The molecule has 1 aromatic carbocycles. The second kappa shape index (κ2) is 5.28. The first-order valence-corrected chi connectivity index (χ1v) is 7.81. The predicted molar refractivity (Wildman–Crippen MR) is 83.3 cm³/mol. The van der Waals surface area contributed by atoms with E-state index in [9.17, 15) is 4.79 Å². The van der Waals surface area contributed by atoms with Gasteiger partial charge in [-0.15, -0.1) is 11.6 Å². The Kier molecular flexibility index (Phi) is 3.63. The van der Waals surface area contributed by atoms with Gasteiger partial charge in [0.05, 0.1) is 16.4 Å². The Bertz CT molecular complexity index is 680.